The molecule has 2 fully saturated rings. The maximum absolute atomic E-state index is 13.4. The molecule has 1 aliphatic carbocycles. The van der Waals surface area contributed by atoms with Crippen LogP contribution in [-0.4, -0.2) is 38.9 Å². The third-order valence-electron chi connectivity index (χ3n) is 6.56. The summed E-state index contributed by atoms with van der Waals surface area (Å²) in [6, 6.07) is 9.17. The monoisotopic (exact) mass is 431 g/mol. The van der Waals surface area contributed by atoms with Gasteiger partial charge in [0.1, 0.15) is 0 Å². The maximum atomic E-state index is 13.4. The fraction of sp³-hybridized carbons (Fsp3) is 0.435. The lowest BCUT2D eigenvalue weighted by Gasteiger charge is -2.43. The van der Waals surface area contributed by atoms with Crippen molar-refractivity contribution in [3.63, 3.8) is 0 Å². The van der Waals surface area contributed by atoms with Gasteiger partial charge >= 0.3 is 6.03 Å². The first kappa shape index (κ1) is 21.4. The fourth-order valence-electron chi connectivity index (χ4n) is 4.97. The van der Waals surface area contributed by atoms with E-state index >= 15 is 0 Å². The second-order valence-electron chi connectivity index (χ2n) is 8.18. The lowest BCUT2D eigenvalue weighted by molar-refractivity contribution is 0.213. The van der Waals surface area contributed by atoms with Gasteiger partial charge in [0.05, 0.1) is 14.2 Å². The molecular formula is C23H27F2N3O3. The van der Waals surface area contributed by atoms with E-state index in [0.29, 0.717) is 11.5 Å². The van der Waals surface area contributed by atoms with Crippen LogP contribution in [0.1, 0.15) is 31.2 Å². The number of benzene rings is 2. The number of urea groups is 1. The number of nitrogens with one attached hydrogen (secondary N) is 3. The Morgan fingerprint density at radius 3 is 2.61 bits per heavy atom. The van der Waals surface area contributed by atoms with Crippen LogP contribution in [0.25, 0.3) is 0 Å². The molecule has 3 N–H and O–H groups in total. The van der Waals surface area contributed by atoms with Gasteiger partial charge in [-0.05, 0) is 62.1 Å². The molecule has 2 aromatic rings. The molecule has 0 aromatic heterocycles. The second-order valence-corrected chi connectivity index (χ2v) is 8.18. The molecule has 4 rings (SSSR count). The first-order valence-corrected chi connectivity index (χ1v) is 10.4. The van der Waals surface area contributed by atoms with Crippen molar-refractivity contribution in [1.29, 1.82) is 0 Å². The number of amides is 2. The predicted octanol–water partition coefficient (Wildman–Crippen LogP) is 3.96. The third kappa shape index (κ3) is 4.17. The van der Waals surface area contributed by atoms with Gasteiger partial charge in [0.2, 0.25) is 0 Å². The van der Waals surface area contributed by atoms with E-state index < -0.39 is 17.7 Å². The van der Waals surface area contributed by atoms with Gasteiger partial charge in [-0.2, -0.15) is 0 Å². The first-order chi connectivity index (χ1) is 14.9. The normalized spacial score (nSPS) is 24.9. The maximum Gasteiger partial charge on any atom is 0.319 e. The summed E-state index contributed by atoms with van der Waals surface area (Å²) in [5, 5.41) is 9.15. The van der Waals surface area contributed by atoms with Crippen LogP contribution in [0.5, 0.6) is 11.5 Å². The SMILES string of the molecule is COc1ccc([C@]23CCN[C@H]2C[C@H](NC(=O)Nc2ccc(F)c(F)c2)CC3)cc1OC. The molecule has 0 radical (unpaired) electrons. The molecule has 2 aliphatic rings. The molecule has 1 saturated heterocycles. The molecule has 0 bridgehead atoms. The van der Waals surface area contributed by atoms with Crippen molar-refractivity contribution < 1.29 is 23.0 Å². The number of hydrogen-bond donors (Lipinski definition) is 3. The Hall–Kier alpha value is -2.87. The van der Waals surface area contributed by atoms with Crippen molar-refractivity contribution in [1.82, 2.24) is 10.6 Å². The molecule has 1 heterocycles. The topological polar surface area (TPSA) is 71.6 Å². The molecule has 0 unspecified atom stereocenters. The average molecular weight is 431 g/mol. The summed E-state index contributed by atoms with van der Waals surface area (Å²) < 4.78 is 37.3. The van der Waals surface area contributed by atoms with Gasteiger partial charge < -0.3 is 25.4 Å². The standard InChI is InChI=1S/C23H27F2N3O3/c1-30-19-6-3-14(11-20(19)31-2)23-8-7-16(13-21(23)26-10-9-23)28-22(29)27-15-4-5-17(24)18(25)12-15/h3-6,11-12,16,21,26H,7-10,13H2,1-2H3,(H2,27,28,29)/t16-,21+,23+/m1/s1. The Morgan fingerprint density at radius 1 is 1.06 bits per heavy atom. The highest BCUT2D eigenvalue weighted by molar-refractivity contribution is 5.89. The third-order valence-corrected chi connectivity index (χ3v) is 6.56. The van der Waals surface area contributed by atoms with Gasteiger partial charge in [-0.25, -0.2) is 13.6 Å². The molecule has 8 heteroatoms. The van der Waals surface area contributed by atoms with Gasteiger partial charge in [-0.1, -0.05) is 6.07 Å². The van der Waals surface area contributed by atoms with Crippen LogP contribution >= 0.6 is 0 Å². The second kappa shape index (κ2) is 8.70. The van der Waals surface area contributed by atoms with E-state index in [9.17, 15) is 13.6 Å². The molecular weight excluding hydrogens is 404 g/mol. The summed E-state index contributed by atoms with van der Waals surface area (Å²) >= 11 is 0. The number of ether oxygens (including phenoxy) is 2. The van der Waals surface area contributed by atoms with Crippen molar-refractivity contribution in [2.24, 2.45) is 0 Å². The lowest BCUT2D eigenvalue weighted by atomic mass is 9.65. The highest BCUT2D eigenvalue weighted by Crippen LogP contribution is 2.47. The fourth-order valence-corrected chi connectivity index (χ4v) is 4.97. The summed E-state index contributed by atoms with van der Waals surface area (Å²) in [4.78, 5) is 12.4. The van der Waals surface area contributed by atoms with E-state index in [2.05, 4.69) is 28.1 Å². The molecule has 6 nitrogen and oxygen atoms in total. The first-order valence-electron chi connectivity index (χ1n) is 10.4. The van der Waals surface area contributed by atoms with Gasteiger partial charge in [0, 0.05) is 29.3 Å². The summed E-state index contributed by atoms with van der Waals surface area (Å²) in [7, 11) is 3.26. The van der Waals surface area contributed by atoms with Crippen molar-refractivity contribution >= 4 is 11.7 Å². The van der Waals surface area contributed by atoms with Crippen LogP contribution in [0.4, 0.5) is 19.3 Å². The largest absolute Gasteiger partial charge is 0.493 e. The lowest BCUT2D eigenvalue weighted by Crippen LogP contribution is -2.52. The van der Waals surface area contributed by atoms with E-state index in [4.69, 9.17) is 9.47 Å². The van der Waals surface area contributed by atoms with E-state index in [1.807, 2.05) is 6.07 Å². The zero-order valence-electron chi connectivity index (χ0n) is 17.6. The zero-order valence-corrected chi connectivity index (χ0v) is 17.6. The minimum Gasteiger partial charge on any atom is -0.493 e. The molecule has 2 amide bonds. The van der Waals surface area contributed by atoms with Crippen LogP contribution in [0, 0.1) is 11.6 Å². The quantitative estimate of drug-likeness (QED) is 0.670. The van der Waals surface area contributed by atoms with Crippen LogP contribution in [0.15, 0.2) is 36.4 Å². The molecule has 1 aliphatic heterocycles. The Labute approximate surface area is 180 Å². The highest BCUT2D eigenvalue weighted by Gasteiger charge is 2.48. The number of carbonyl (C=O) groups is 1. The number of rotatable bonds is 5. The Kier molecular flexibility index (Phi) is 6.00. The number of fused-ring (bicyclic) bond motifs is 1. The van der Waals surface area contributed by atoms with Crippen molar-refractivity contribution in [2.75, 3.05) is 26.1 Å². The number of carbonyl (C=O) groups excluding carboxylic acids is 1. The van der Waals surface area contributed by atoms with E-state index in [1.54, 1.807) is 14.2 Å². The minimum absolute atomic E-state index is 0.0193. The van der Waals surface area contributed by atoms with Gasteiger partial charge in [-0.3, -0.25) is 0 Å². The Balaban J connectivity index is 1.43. The molecule has 3 atom stereocenters. The molecule has 1 saturated carbocycles. The zero-order chi connectivity index (χ0) is 22.0. The average Bonchev–Trinajstić information content (AvgIpc) is 3.20. The number of methoxy groups -OCH3 is 2. The van der Waals surface area contributed by atoms with Crippen LogP contribution in [0.3, 0.4) is 0 Å². The molecule has 166 valence electrons. The van der Waals surface area contributed by atoms with E-state index in [0.717, 1.165) is 44.4 Å². The highest BCUT2D eigenvalue weighted by atomic mass is 19.2. The molecule has 2 aromatic carbocycles. The number of hydrogen-bond acceptors (Lipinski definition) is 4. The summed E-state index contributed by atoms with van der Waals surface area (Å²) in [5.41, 5.74) is 1.41. The number of anilines is 1. The van der Waals surface area contributed by atoms with Gasteiger partial charge in [0.25, 0.3) is 0 Å². The summed E-state index contributed by atoms with van der Waals surface area (Å²) in [6.07, 6.45) is 3.52. The molecule has 0 spiro atoms. The van der Waals surface area contributed by atoms with Crippen LogP contribution in [-0.2, 0) is 5.41 Å². The Morgan fingerprint density at radius 2 is 1.87 bits per heavy atom. The van der Waals surface area contributed by atoms with Gasteiger partial charge in [-0.15, -0.1) is 0 Å². The summed E-state index contributed by atoms with van der Waals surface area (Å²) in [5.74, 6) is -0.525. The van der Waals surface area contributed by atoms with Crippen molar-refractivity contribution in [3.8, 4) is 11.5 Å². The summed E-state index contributed by atoms with van der Waals surface area (Å²) in [6.45, 7) is 0.910. The minimum atomic E-state index is -0.995. The number of halogens is 2. The predicted molar refractivity (Wildman–Crippen MR) is 114 cm³/mol. The van der Waals surface area contributed by atoms with E-state index in [-0.39, 0.29) is 23.2 Å². The van der Waals surface area contributed by atoms with Crippen molar-refractivity contribution in [3.05, 3.63) is 53.6 Å². The van der Waals surface area contributed by atoms with Crippen LogP contribution in [0.2, 0.25) is 0 Å². The van der Waals surface area contributed by atoms with Crippen LogP contribution < -0.4 is 25.4 Å². The molecule has 31 heavy (non-hydrogen) atoms. The van der Waals surface area contributed by atoms with Crippen molar-refractivity contribution in [2.45, 2.75) is 43.2 Å². The van der Waals surface area contributed by atoms with Gasteiger partial charge in [0.15, 0.2) is 23.1 Å². The Bertz CT molecular complexity index is 971. The smallest absolute Gasteiger partial charge is 0.319 e. The van der Waals surface area contributed by atoms with E-state index in [1.165, 1.54) is 11.6 Å².